The lowest BCUT2D eigenvalue weighted by atomic mass is 10.2. The number of halogens is 3. The van der Waals surface area contributed by atoms with Crippen LogP contribution in [0.2, 0.25) is 0 Å². The molecule has 0 aliphatic heterocycles. The molecule has 0 fully saturated rings. The van der Waals surface area contributed by atoms with Gasteiger partial charge in [0.15, 0.2) is 17.3 Å². The molecule has 10 heteroatoms. The van der Waals surface area contributed by atoms with E-state index < -0.39 is 28.9 Å². The van der Waals surface area contributed by atoms with Crippen molar-refractivity contribution in [3.8, 4) is 28.5 Å². The first-order chi connectivity index (χ1) is 15.3. The van der Waals surface area contributed by atoms with Gasteiger partial charge in [-0.25, -0.2) is 18.4 Å². The first-order valence-corrected chi connectivity index (χ1v) is 10.8. The molecule has 0 saturated carbocycles. The summed E-state index contributed by atoms with van der Waals surface area (Å²) in [5.41, 5.74) is 1.49. The second-order valence-corrected chi connectivity index (χ2v) is 8.30. The lowest BCUT2D eigenvalue weighted by Crippen LogP contribution is -2.11. The van der Waals surface area contributed by atoms with Crippen LogP contribution in [0.3, 0.4) is 0 Å². The number of hydrogen-bond acceptors (Lipinski definition) is 6. The Kier molecular flexibility index (Phi) is 6.06. The molecule has 0 aliphatic rings. The van der Waals surface area contributed by atoms with Crippen molar-refractivity contribution in [2.75, 3.05) is 0 Å². The molecule has 0 bridgehead atoms. The number of benzene rings is 3. The normalized spacial score (nSPS) is 12.0. The number of phenolic OH excluding ortho intramolecular Hbond substituents is 3. The van der Waals surface area contributed by atoms with Crippen LogP contribution in [0.25, 0.3) is 11.3 Å². The van der Waals surface area contributed by atoms with Crippen LogP contribution in [0, 0.1) is 11.6 Å². The minimum Gasteiger partial charge on any atom is -0.504 e. The molecule has 3 aromatic carbocycles. The molecule has 3 N–H and O–H groups in total. The van der Waals surface area contributed by atoms with Crippen molar-refractivity contribution in [1.29, 1.82) is 0 Å². The standard InChI is InChI=1S/C22H14BrF2N3O3S/c23-14-4-1-12(2-5-14)18-11-32-22(27-17-7-6-15(24)9-16(17)25)28(18)26-10-13-3-8-19(29)21(31)20(13)30/h1-11,29-31H. The molecule has 0 saturated heterocycles. The zero-order valence-electron chi connectivity index (χ0n) is 16.1. The highest BCUT2D eigenvalue weighted by molar-refractivity contribution is 9.10. The zero-order valence-corrected chi connectivity index (χ0v) is 18.5. The fourth-order valence-corrected chi connectivity index (χ4v) is 3.91. The SMILES string of the molecule is Oc1ccc(C=Nn2c(-c3ccc(Br)cc3)csc2=Nc2ccc(F)cc2F)c(O)c1O. The van der Waals surface area contributed by atoms with E-state index in [1.165, 1.54) is 40.4 Å². The van der Waals surface area contributed by atoms with Gasteiger partial charge in [0.2, 0.25) is 10.6 Å². The Hall–Kier alpha value is -3.50. The lowest BCUT2D eigenvalue weighted by molar-refractivity contribution is 0.367. The minimum atomic E-state index is -0.819. The van der Waals surface area contributed by atoms with Crippen LogP contribution in [-0.4, -0.2) is 26.2 Å². The molecule has 1 aromatic heterocycles. The fourth-order valence-electron chi connectivity index (χ4n) is 2.79. The zero-order chi connectivity index (χ0) is 22.8. The van der Waals surface area contributed by atoms with Crippen molar-refractivity contribution < 1.29 is 24.1 Å². The molecular formula is C22H14BrF2N3O3S. The molecule has 0 unspecified atom stereocenters. The monoisotopic (exact) mass is 517 g/mol. The maximum absolute atomic E-state index is 14.2. The Balaban J connectivity index is 1.88. The molecule has 0 radical (unpaired) electrons. The number of aromatic nitrogens is 1. The highest BCUT2D eigenvalue weighted by Gasteiger charge is 2.12. The highest BCUT2D eigenvalue weighted by atomic mass is 79.9. The predicted octanol–water partition coefficient (Wildman–Crippen LogP) is 5.49. The average molecular weight is 518 g/mol. The van der Waals surface area contributed by atoms with Gasteiger partial charge >= 0.3 is 0 Å². The van der Waals surface area contributed by atoms with E-state index >= 15 is 0 Å². The second kappa shape index (κ2) is 8.93. The second-order valence-electron chi connectivity index (χ2n) is 6.55. The summed E-state index contributed by atoms with van der Waals surface area (Å²) >= 11 is 4.57. The molecule has 0 amide bonds. The van der Waals surface area contributed by atoms with Crippen LogP contribution in [0.1, 0.15) is 5.56 Å². The van der Waals surface area contributed by atoms with Crippen LogP contribution in [0.15, 0.2) is 74.5 Å². The van der Waals surface area contributed by atoms with Gasteiger partial charge in [0.25, 0.3) is 0 Å². The summed E-state index contributed by atoms with van der Waals surface area (Å²) in [4.78, 5) is 4.56. The molecule has 0 spiro atoms. The molecular weight excluding hydrogens is 504 g/mol. The molecule has 6 nitrogen and oxygen atoms in total. The summed E-state index contributed by atoms with van der Waals surface area (Å²) in [6.45, 7) is 0. The van der Waals surface area contributed by atoms with Crippen molar-refractivity contribution in [2.24, 2.45) is 10.1 Å². The smallest absolute Gasteiger partial charge is 0.211 e. The van der Waals surface area contributed by atoms with E-state index in [0.29, 0.717) is 5.69 Å². The Morgan fingerprint density at radius 2 is 1.69 bits per heavy atom. The van der Waals surface area contributed by atoms with Gasteiger partial charge in [0.1, 0.15) is 11.5 Å². The number of thiazole rings is 1. The fraction of sp³-hybridized carbons (Fsp3) is 0. The summed E-state index contributed by atoms with van der Waals surface area (Å²) in [5, 5.41) is 35.4. The number of rotatable bonds is 4. The number of phenols is 3. The van der Waals surface area contributed by atoms with E-state index in [1.54, 1.807) is 5.38 Å². The third-order valence-corrected chi connectivity index (χ3v) is 5.77. The molecule has 0 atom stereocenters. The van der Waals surface area contributed by atoms with E-state index in [9.17, 15) is 24.1 Å². The van der Waals surface area contributed by atoms with E-state index in [-0.39, 0.29) is 16.1 Å². The van der Waals surface area contributed by atoms with Gasteiger partial charge < -0.3 is 15.3 Å². The van der Waals surface area contributed by atoms with E-state index in [2.05, 4.69) is 26.0 Å². The van der Waals surface area contributed by atoms with Gasteiger partial charge in [-0.05, 0) is 36.4 Å². The van der Waals surface area contributed by atoms with Crippen molar-refractivity contribution >= 4 is 39.2 Å². The Morgan fingerprint density at radius 3 is 2.41 bits per heavy atom. The van der Waals surface area contributed by atoms with Crippen LogP contribution >= 0.6 is 27.3 Å². The topological polar surface area (TPSA) is 90.3 Å². The highest BCUT2D eigenvalue weighted by Crippen LogP contribution is 2.36. The predicted molar refractivity (Wildman–Crippen MR) is 121 cm³/mol. The van der Waals surface area contributed by atoms with Crippen LogP contribution in [-0.2, 0) is 0 Å². The Labute approximate surface area is 192 Å². The third-order valence-electron chi connectivity index (χ3n) is 4.42. The Morgan fingerprint density at radius 1 is 0.938 bits per heavy atom. The van der Waals surface area contributed by atoms with Crippen molar-refractivity contribution in [3.63, 3.8) is 0 Å². The van der Waals surface area contributed by atoms with E-state index in [0.717, 1.165) is 22.2 Å². The Bertz CT molecular complexity index is 1400. The van der Waals surface area contributed by atoms with Gasteiger partial charge in [0.05, 0.1) is 11.9 Å². The van der Waals surface area contributed by atoms with Gasteiger partial charge in [0, 0.05) is 27.0 Å². The molecule has 0 aliphatic carbocycles. The average Bonchev–Trinajstić information content (AvgIpc) is 3.16. The van der Waals surface area contributed by atoms with Gasteiger partial charge in [-0.3, -0.25) is 0 Å². The number of nitrogens with zero attached hydrogens (tertiary/aromatic N) is 3. The minimum absolute atomic E-state index is 0.0651. The van der Waals surface area contributed by atoms with E-state index in [1.807, 2.05) is 24.3 Å². The van der Waals surface area contributed by atoms with Crippen molar-refractivity contribution in [2.45, 2.75) is 0 Å². The molecule has 162 valence electrons. The van der Waals surface area contributed by atoms with Gasteiger partial charge in [-0.2, -0.15) is 5.10 Å². The quantitative estimate of drug-likeness (QED) is 0.247. The summed E-state index contributed by atoms with van der Waals surface area (Å²) in [5.74, 6) is -3.22. The number of aromatic hydroxyl groups is 3. The summed E-state index contributed by atoms with van der Waals surface area (Å²) in [6, 6.07) is 13.1. The van der Waals surface area contributed by atoms with Crippen LogP contribution in [0.4, 0.5) is 14.5 Å². The molecule has 4 rings (SSSR count). The van der Waals surface area contributed by atoms with E-state index in [4.69, 9.17) is 0 Å². The maximum Gasteiger partial charge on any atom is 0.211 e. The summed E-state index contributed by atoms with van der Waals surface area (Å²) in [6.07, 6.45) is 1.27. The third kappa shape index (κ3) is 4.41. The maximum atomic E-state index is 14.2. The van der Waals surface area contributed by atoms with Crippen molar-refractivity contribution in [1.82, 2.24) is 4.68 Å². The van der Waals surface area contributed by atoms with Gasteiger partial charge in [-0.1, -0.05) is 28.1 Å². The first-order valence-electron chi connectivity index (χ1n) is 9.08. The van der Waals surface area contributed by atoms with Crippen LogP contribution < -0.4 is 4.80 Å². The lowest BCUT2D eigenvalue weighted by Gasteiger charge is -2.06. The number of hydrogen-bond donors (Lipinski definition) is 3. The molecule has 1 heterocycles. The summed E-state index contributed by atoms with van der Waals surface area (Å²) in [7, 11) is 0. The van der Waals surface area contributed by atoms with Crippen LogP contribution in [0.5, 0.6) is 17.2 Å². The first kappa shape index (κ1) is 21.7. The molecule has 32 heavy (non-hydrogen) atoms. The molecule has 4 aromatic rings. The summed E-state index contributed by atoms with van der Waals surface area (Å²) < 4.78 is 29.7. The largest absolute Gasteiger partial charge is 0.504 e. The van der Waals surface area contributed by atoms with Crippen molar-refractivity contribution in [3.05, 3.63) is 86.4 Å². The van der Waals surface area contributed by atoms with Gasteiger partial charge in [-0.15, -0.1) is 11.3 Å².